The third-order valence-corrected chi connectivity index (χ3v) is 5.30. The van der Waals surface area contributed by atoms with E-state index in [4.69, 9.17) is 0 Å². The van der Waals surface area contributed by atoms with Crippen LogP contribution in [0.1, 0.15) is 27.0 Å². The van der Waals surface area contributed by atoms with Gasteiger partial charge in [-0.25, -0.2) is 9.18 Å². The summed E-state index contributed by atoms with van der Waals surface area (Å²) in [5, 5.41) is 12.6. The first-order chi connectivity index (χ1) is 15.6. The summed E-state index contributed by atoms with van der Waals surface area (Å²) in [5.74, 6) is -1.76. The highest BCUT2D eigenvalue weighted by molar-refractivity contribution is 5.98. The molecule has 0 saturated carbocycles. The van der Waals surface area contributed by atoms with E-state index in [0.29, 0.717) is 22.1 Å². The number of para-hydroxylation sites is 1. The number of hydrogen-bond donors (Lipinski definition) is 2. The van der Waals surface area contributed by atoms with E-state index < -0.39 is 23.5 Å². The van der Waals surface area contributed by atoms with Crippen molar-refractivity contribution in [2.75, 3.05) is 5.32 Å². The molecule has 8 heteroatoms. The number of anilines is 1. The molecule has 168 valence electrons. The Morgan fingerprint density at radius 3 is 2.55 bits per heavy atom. The summed E-state index contributed by atoms with van der Waals surface area (Å²) in [5.41, 5.74) is 1.92. The molecule has 4 aromatic rings. The largest absolute Gasteiger partial charge is 0.478 e. The van der Waals surface area contributed by atoms with Crippen LogP contribution in [0.2, 0.25) is 0 Å². The second-order valence-corrected chi connectivity index (χ2v) is 7.56. The minimum Gasteiger partial charge on any atom is -0.478 e. The molecule has 0 bridgehead atoms. The summed E-state index contributed by atoms with van der Waals surface area (Å²) in [7, 11) is 0. The van der Waals surface area contributed by atoms with Crippen LogP contribution in [0.3, 0.4) is 0 Å². The van der Waals surface area contributed by atoms with E-state index in [1.165, 1.54) is 18.3 Å². The zero-order valence-corrected chi connectivity index (χ0v) is 17.4. The Labute approximate surface area is 186 Å². The SMILES string of the molecule is Cc1cnc2c(C(F)(F)F)cccc2c1-c1cccc(CNc2cc(F)ccc2C(=O)O)c1. The van der Waals surface area contributed by atoms with Gasteiger partial charge in [-0.15, -0.1) is 0 Å². The van der Waals surface area contributed by atoms with Crippen LogP contribution in [0.25, 0.3) is 22.0 Å². The number of rotatable bonds is 5. The summed E-state index contributed by atoms with van der Waals surface area (Å²) >= 11 is 0. The van der Waals surface area contributed by atoms with Gasteiger partial charge in [0.25, 0.3) is 0 Å². The fourth-order valence-electron chi connectivity index (χ4n) is 3.82. The molecule has 1 aromatic heterocycles. The Kier molecular flexibility index (Phi) is 5.76. The van der Waals surface area contributed by atoms with Crippen LogP contribution in [-0.2, 0) is 12.7 Å². The number of aryl methyl sites for hydroxylation is 1. The first-order valence-electron chi connectivity index (χ1n) is 9.96. The number of aromatic nitrogens is 1. The van der Waals surface area contributed by atoms with Crippen molar-refractivity contribution in [3.05, 3.63) is 94.9 Å². The van der Waals surface area contributed by atoms with E-state index in [9.17, 15) is 27.5 Å². The number of benzene rings is 3. The number of nitrogens with zero attached hydrogens (tertiary/aromatic N) is 1. The van der Waals surface area contributed by atoms with Gasteiger partial charge < -0.3 is 10.4 Å². The molecule has 0 atom stereocenters. The maximum Gasteiger partial charge on any atom is 0.418 e. The lowest BCUT2D eigenvalue weighted by Gasteiger charge is -2.15. The lowest BCUT2D eigenvalue weighted by Crippen LogP contribution is -2.07. The number of alkyl halides is 3. The van der Waals surface area contributed by atoms with Crippen LogP contribution in [0, 0.1) is 12.7 Å². The van der Waals surface area contributed by atoms with Crippen molar-refractivity contribution in [1.82, 2.24) is 4.98 Å². The minimum atomic E-state index is -4.53. The van der Waals surface area contributed by atoms with E-state index in [-0.39, 0.29) is 23.3 Å². The van der Waals surface area contributed by atoms with Crippen LogP contribution in [0.15, 0.2) is 66.9 Å². The van der Waals surface area contributed by atoms with Gasteiger partial charge in [0.15, 0.2) is 0 Å². The molecule has 0 spiro atoms. The van der Waals surface area contributed by atoms with Crippen LogP contribution in [-0.4, -0.2) is 16.1 Å². The predicted molar refractivity (Wildman–Crippen MR) is 118 cm³/mol. The van der Waals surface area contributed by atoms with E-state index in [0.717, 1.165) is 23.8 Å². The number of carbonyl (C=O) groups is 1. The molecule has 0 unspecified atom stereocenters. The number of halogens is 4. The number of aromatic carboxylic acids is 1. The molecule has 0 saturated heterocycles. The molecular formula is C25H18F4N2O2. The summed E-state index contributed by atoms with van der Waals surface area (Å²) in [6.45, 7) is 1.96. The van der Waals surface area contributed by atoms with Crippen LogP contribution >= 0.6 is 0 Å². The maximum atomic E-state index is 13.6. The highest BCUT2D eigenvalue weighted by atomic mass is 19.4. The fraction of sp³-hybridized carbons (Fsp3) is 0.120. The van der Waals surface area contributed by atoms with Gasteiger partial charge in [-0.3, -0.25) is 4.98 Å². The number of fused-ring (bicyclic) bond motifs is 1. The van der Waals surface area contributed by atoms with Gasteiger partial charge in [-0.05, 0) is 59.5 Å². The number of carboxylic acids is 1. The Bertz CT molecular complexity index is 1370. The van der Waals surface area contributed by atoms with Gasteiger partial charge in [0.2, 0.25) is 0 Å². The fourth-order valence-corrected chi connectivity index (χ4v) is 3.82. The molecular weight excluding hydrogens is 436 g/mol. The van der Waals surface area contributed by atoms with Crippen LogP contribution < -0.4 is 5.32 Å². The van der Waals surface area contributed by atoms with Crippen molar-refractivity contribution in [2.24, 2.45) is 0 Å². The lowest BCUT2D eigenvalue weighted by molar-refractivity contribution is -0.136. The van der Waals surface area contributed by atoms with Crippen molar-refractivity contribution in [3.8, 4) is 11.1 Å². The third kappa shape index (κ3) is 4.50. The topological polar surface area (TPSA) is 62.2 Å². The average molecular weight is 454 g/mol. The van der Waals surface area contributed by atoms with E-state index in [1.807, 2.05) is 0 Å². The first-order valence-corrected chi connectivity index (χ1v) is 9.96. The van der Waals surface area contributed by atoms with Crippen molar-refractivity contribution < 1.29 is 27.5 Å². The maximum absolute atomic E-state index is 13.6. The monoisotopic (exact) mass is 454 g/mol. The van der Waals surface area contributed by atoms with Gasteiger partial charge in [0, 0.05) is 18.1 Å². The zero-order valence-electron chi connectivity index (χ0n) is 17.4. The normalized spacial score (nSPS) is 11.5. The summed E-state index contributed by atoms with van der Waals surface area (Å²) in [6, 6.07) is 14.5. The summed E-state index contributed by atoms with van der Waals surface area (Å²) < 4.78 is 54.1. The molecule has 0 radical (unpaired) electrons. The van der Waals surface area contributed by atoms with Gasteiger partial charge in [-0.2, -0.15) is 13.2 Å². The molecule has 0 aliphatic heterocycles. The molecule has 2 N–H and O–H groups in total. The summed E-state index contributed by atoms with van der Waals surface area (Å²) in [4.78, 5) is 15.4. The summed E-state index contributed by atoms with van der Waals surface area (Å²) in [6.07, 6.45) is -3.11. The molecule has 1 heterocycles. The van der Waals surface area contributed by atoms with Crippen LogP contribution in [0.5, 0.6) is 0 Å². The molecule has 0 aliphatic carbocycles. The number of hydrogen-bond acceptors (Lipinski definition) is 3. The van der Waals surface area contributed by atoms with Gasteiger partial charge in [0.1, 0.15) is 5.82 Å². The highest BCUT2D eigenvalue weighted by Crippen LogP contribution is 2.38. The van der Waals surface area contributed by atoms with E-state index in [2.05, 4.69) is 10.3 Å². The highest BCUT2D eigenvalue weighted by Gasteiger charge is 2.33. The Morgan fingerprint density at radius 1 is 1.06 bits per heavy atom. The molecule has 0 amide bonds. The zero-order chi connectivity index (χ0) is 23.8. The van der Waals surface area contributed by atoms with Crippen molar-refractivity contribution in [2.45, 2.75) is 19.6 Å². The Morgan fingerprint density at radius 2 is 1.82 bits per heavy atom. The second-order valence-electron chi connectivity index (χ2n) is 7.56. The molecule has 4 nitrogen and oxygen atoms in total. The molecule has 0 fully saturated rings. The van der Waals surface area contributed by atoms with Crippen LogP contribution in [0.4, 0.5) is 23.2 Å². The van der Waals surface area contributed by atoms with E-state index >= 15 is 0 Å². The number of carboxylic acid groups (broad SMARTS) is 1. The molecule has 4 rings (SSSR count). The molecule has 3 aromatic carbocycles. The first kappa shape index (κ1) is 22.3. The number of pyridine rings is 1. The molecule has 0 aliphatic rings. The van der Waals surface area contributed by atoms with Crippen molar-refractivity contribution in [3.63, 3.8) is 0 Å². The van der Waals surface area contributed by atoms with E-state index in [1.54, 1.807) is 37.3 Å². The standard InChI is InChI=1S/C25H18F4N2O2/c1-14-12-31-23-19(6-3-7-20(23)25(27,28)29)22(14)16-5-2-4-15(10-16)13-30-21-11-17(26)8-9-18(21)24(32)33/h2-12,30H,13H2,1H3,(H,32,33). The quantitative estimate of drug-likeness (QED) is 0.330. The molecule has 33 heavy (non-hydrogen) atoms. The second kappa shape index (κ2) is 8.54. The minimum absolute atomic E-state index is 0.0665. The lowest BCUT2D eigenvalue weighted by atomic mass is 9.94. The Balaban J connectivity index is 1.73. The predicted octanol–water partition coefficient (Wildman–Crippen LogP) is 6.68. The van der Waals surface area contributed by atoms with Gasteiger partial charge >= 0.3 is 12.1 Å². The third-order valence-electron chi connectivity index (χ3n) is 5.30. The number of nitrogens with one attached hydrogen (secondary N) is 1. The van der Waals surface area contributed by atoms with Crippen molar-refractivity contribution >= 4 is 22.6 Å². The smallest absolute Gasteiger partial charge is 0.418 e. The van der Waals surface area contributed by atoms with Crippen molar-refractivity contribution in [1.29, 1.82) is 0 Å². The van der Waals surface area contributed by atoms with Gasteiger partial charge in [0.05, 0.1) is 22.3 Å². The Hall–Kier alpha value is -3.94. The average Bonchev–Trinajstić information content (AvgIpc) is 2.76. The van der Waals surface area contributed by atoms with Gasteiger partial charge in [-0.1, -0.05) is 30.3 Å².